The number of carbonyl (C=O) groups excluding carboxylic acids is 3. The summed E-state index contributed by atoms with van der Waals surface area (Å²) in [6, 6.07) is -0.488. The average molecular weight is 367 g/mol. The van der Waals surface area contributed by atoms with Crippen LogP contribution in [0.1, 0.15) is 39.5 Å². The summed E-state index contributed by atoms with van der Waals surface area (Å²) < 4.78 is 0. The van der Waals surface area contributed by atoms with E-state index in [1.807, 2.05) is 13.8 Å². The van der Waals surface area contributed by atoms with Gasteiger partial charge in [0.05, 0.1) is 12.6 Å². The van der Waals surface area contributed by atoms with Crippen LogP contribution in [0.4, 0.5) is 4.79 Å². The third-order valence-electron chi connectivity index (χ3n) is 4.84. The maximum atomic E-state index is 12.1. The Bertz CT molecular complexity index is 491. The Morgan fingerprint density at radius 1 is 1.15 bits per heavy atom. The van der Waals surface area contributed by atoms with E-state index in [2.05, 4.69) is 26.2 Å². The lowest BCUT2D eigenvalue weighted by molar-refractivity contribution is -0.124. The Morgan fingerprint density at radius 3 is 2.65 bits per heavy atom. The lowest BCUT2D eigenvalue weighted by Crippen LogP contribution is -2.49. The van der Waals surface area contributed by atoms with Gasteiger partial charge in [-0.2, -0.15) is 0 Å². The van der Waals surface area contributed by atoms with Crippen LogP contribution in [-0.2, 0) is 9.59 Å². The monoisotopic (exact) mass is 367 g/mol. The molecule has 2 rings (SSSR count). The first-order chi connectivity index (χ1) is 12.4. The molecule has 8 nitrogen and oxygen atoms in total. The number of hydrogen-bond donors (Lipinski definition) is 4. The van der Waals surface area contributed by atoms with Crippen LogP contribution in [0.3, 0.4) is 0 Å². The van der Waals surface area contributed by atoms with Crippen molar-refractivity contribution in [3.8, 4) is 0 Å². The second-order valence-corrected chi connectivity index (χ2v) is 7.79. The van der Waals surface area contributed by atoms with Crippen molar-refractivity contribution in [2.24, 2.45) is 11.8 Å². The molecule has 2 fully saturated rings. The summed E-state index contributed by atoms with van der Waals surface area (Å²) in [5, 5.41) is 11.3. The summed E-state index contributed by atoms with van der Waals surface area (Å²) in [6.45, 7) is 7.91. The SMILES string of the molecule is CC(C)CNC(=O)NC(=O)CN1CCCC(CNC(=O)C2CCCN2)C1. The molecule has 8 heteroatoms. The highest BCUT2D eigenvalue weighted by molar-refractivity contribution is 5.95. The maximum absolute atomic E-state index is 12.1. The lowest BCUT2D eigenvalue weighted by atomic mass is 9.98. The van der Waals surface area contributed by atoms with E-state index in [1.165, 1.54) is 0 Å². The van der Waals surface area contributed by atoms with E-state index in [-0.39, 0.29) is 24.4 Å². The Morgan fingerprint density at radius 2 is 1.96 bits per heavy atom. The fraction of sp³-hybridized carbons (Fsp3) is 0.833. The van der Waals surface area contributed by atoms with E-state index < -0.39 is 6.03 Å². The van der Waals surface area contributed by atoms with Gasteiger partial charge in [-0.1, -0.05) is 13.8 Å². The van der Waals surface area contributed by atoms with Gasteiger partial charge in [0.1, 0.15) is 0 Å². The predicted octanol–water partition coefficient (Wildman–Crippen LogP) is 0.0484. The number of nitrogens with one attached hydrogen (secondary N) is 4. The Labute approximate surface area is 155 Å². The normalized spacial score (nSPS) is 23.7. The number of amides is 4. The molecule has 0 aromatic heterocycles. The number of urea groups is 1. The highest BCUT2D eigenvalue weighted by atomic mass is 16.2. The van der Waals surface area contributed by atoms with Crippen molar-refractivity contribution in [3.63, 3.8) is 0 Å². The van der Waals surface area contributed by atoms with Gasteiger partial charge in [0.2, 0.25) is 11.8 Å². The molecule has 2 heterocycles. The Kier molecular flexibility index (Phi) is 8.31. The molecule has 0 aromatic carbocycles. The molecule has 4 N–H and O–H groups in total. The smallest absolute Gasteiger partial charge is 0.321 e. The van der Waals surface area contributed by atoms with Crippen LogP contribution in [0.25, 0.3) is 0 Å². The zero-order valence-corrected chi connectivity index (χ0v) is 16.0. The number of carbonyl (C=O) groups is 3. The van der Waals surface area contributed by atoms with E-state index in [4.69, 9.17) is 0 Å². The second kappa shape index (κ2) is 10.5. The molecule has 148 valence electrons. The molecular formula is C18H33N5O3. The molecule has 0 aliphatic carbocycles. The first-order valence-electron chi connectivity index (χ1n) is 9.75. The quantitative estimate of drug-likeness (QED) is 0.509. The number of hydrogen-bond acceptors (Lipinski definition) is 5. The van der Waals surface area contributed by atoms with Gasteiger partial charge in [-0.05, 0) is 50.6 Å². The summed E-state index contributed by atoms with van der Waals surface area (Å²) >= 11 is 0. The summed E-state index contributed by atoms with van der Waals surface area (Å²) in [6.07, 6.45) is 4.00. The van der Waals surface area contributed by atoms with Crippen LogP contribution in [0.2, 0.25) is 0 Å². The van der Waals surface area contributed by atoms with E-state index in [1.54, 1.807) is 0 Å². The van der Waals surface area contributed by atoms with Gasteiger partial charge in [0.15, 0.2) is 0 Å². The number of nitrogens with zero attached hydrogens (tertiary/aromatic N) is 1. The minimum Gasteiger partial charge on any atom is -0.354 e. The summed E-state index contributed by atoms with van der Waals surface area (Å²) in [5.74, 6) is 0.482. The van der Waals surface area contributed by atoms with Crippen LogP contribution in [-0.4, -0.2) is 68.1 Å². The highest BCUT2D eigenvalue weighted by Gasteiger charge is 2.25. The van der Waals surface area contributed by atoms with Gasteiger partial charge in [-0.3, -0.25) is 19.8 Å². The van der Waals surface area contributed by atoms with E-state index in [0.29, 0.717) is 24.9 Å². The van der Waals surface area contributed by atoms with Crippen molar-refractivity contribution in [2.75, 3.05) is 39.3 Å². The summed E-state index contributed by atoms with van der Waals surface area (Å²) in [5.41, 5.74) is 0. The standard InChI is InChI=1S/C18H33N5O3/c1-13(2)9-21-18(26)22-16(24)12-23-8-4-5-14(11-23)10-20-17(25)15-6-3-7-19-15/h13-15,19H,3-12H2,1-2H3,(H,20,25)(H2,21,22,24,26). The Hall–Kier alpha value is -1.67. The van der Waals surface area contributed by atoms with Gasteiger partial charge >= 0.3 is 6.03 Å². The van der Waals surface area contributed by atoms with Gasteiger partial charge in [-0.25, -0.2) is 4.79 Å². The van der Waals surface area contributed by atoms with Crippen molar-refractivity contribution in [3.05, 3.63) is 0 Å². The molecule has 2 aliphatic heterocycles. The predicted molar refractivity (Wildman–Crippen MR) is 99.6 cm³/mol. The van der Waals surface area contributed by atoms with Crippen LogP contribution in [0.15, 0.2) is 0 Å². The first kappa shape index (κ1) is 20.6. The molecule has 2 saturated heterocycles. The van der Waals surface area contributed by atoms with Gasteiger partial charge < -0.3 is 16.0 Å². The minimum atomic E-state index is -0.436. The van der Waals surface area contributed by atoms with E-state index >= 15 is 0 Å². The van der Waals surface area contributed by atoms with Crippen molar-refractivity contribution in [2.45, 2.75) is 45.6 Å². The third kappa shape index (κ3) is 7.29. The molecule has 0 aromatic rings. The molecule has 26 heavy (non-hydrogen) atoms. The summed E-state index contributed by atoms with van der Waals surface area (Å²) in [7, 11) is 0. The highest BCUT2D eigenvalue weighted by Crippen LogP contribution is 2.15. The molecule has 0 bridgehead atoms. The number of imide groups is 1. The van der Waals surface area contributed by atoms with Crippen LogP contribution in [0, 0.1) is 11.8 Å². The van der Waals surface area contributed by atoms with Gasteiger partial charge in [0.25, 0.3) is 0 Å². The molecule has 2 unspecified atom stereocenters. The first-order valence-corrected chi connectivity index (χ1v) is 9.75. The minimum absolute atomic E-state index is 0.0511. The topological polar surface area (TPSA) is 103 Å². The molecule has 0 saturated carbocycles. The molecule has 4 amide bonds. The zero-order valence-electron chi connectivity index (χ0n) is 16.0. The van der Waals surface area contributed by atoms with Gasteiger partial charge in [0, 0.05) is 19.6 Å². The Balaban J connectivity index is 1.66. The van der Waals surface area contributed by atoms with Crippen molar-refractivity contribution >= 4 is 17.8 Å². The second-order valence-electron chi connectivity index (χ2n) is 7.79. The zero-order chi connectivity index (χ0) is 18.9. The van der Waals surface area contributed by atoms with Crippen LogP contribution < -0.4 is 21.3 Å². The average Bonchev–Trinajstić information content (AvgIpc) is 3.13. The van der Waals surface area contributed by atoms with Crippen LogP contribution in [0.5, 0.6) is 0 Å². The van der Waals surface area contributed by atoms with Crippen molar-refractivity contribution in [1.82, 2.24) is 26.2 Å². The molecular weight excluding hydrogens is 334 g/mol. The largest absolute Gasteiger partial charge is 0.354 e. The number of piperidine rings is 1. The van der Waals surface area contributed by atoms with E-state index in [0.717, 1.165) is 45.3 Å². The number of likely N-dealkylation sites (tertiary alicyclic amines) is 1. The third-order valence-corrected chi connectivity index (χ3v) is 4.84. The lowest BCUT2D eigenvalue weighted by Gasteiger charge is -2.32. The molecule has 0 spiro atoms. The van der Waals surface area contributed by atoms with Gasteiger partial charge in [-0.15, -0.1) is 0 Å². The van der Waals surface area contributed by atoms with E-state index in [9.17, 15) is 14.4 Å². The maximum Gasteiger partial charge on any atom is 0.321 e. The fourth-order valence-electron chi connectivity index (χ4n) is 3.45. The molecule has 2 aliphatic rings. The molecule has 0 radical (unpaired) electrons. The fourth-order valence-corrected chi connectivity index (χ4v) is 3.45. The summed E-state index contributed by atoms with van der Waals surface area (Å²) in [4.78, 5) is 37.8. The number of rotatable bonds is 7. The molecule has 2 atom stereocenters. The van der Waals surface area contributed by atoms with Crippen molar-refractivity contribution < 1.29 is 14.4 Å². The van der Waals surface area contributed by atoms with Crippen LogP contribution >= 0.6 is 0 Å². The van der Waals surface area contributed by atoms with Crippen molar-refractivity contribution in [1.29, 1.82) is 0 Å².